The van der Waals surface area contributed by atoms with E-state index in [9.17, 15) is 4.79 Å². The van der Waals surface area contributed by atoms with E-state index in [0.29, 0.717) is 16.9 Å². The predicted octanol–water partition coefficient (Wildman–Crippen LogP) is 4.08. The maximum absolute atomic E-state index is 11.8. The molecule has 2 aromatic rings. The first kappa shape index (κ1) is 18.2. The lowest BCUT2D eigenvalue weighted by Gasteiger charge is -2.25. The summed E-state index contributed by atoms with van der Waals surface area (Å²) >= 11 is 9.16. The Morgan fingerprint density at radius 2 is 1.96 bits per heavy atom. The van der Waals surface area contributed by atoms with Crippen molar-refractivity contribution in [3.63, 3.8) is 0 Å². The molecule has 1 saturated heterocycles. The minimum atomic E-state index is -0.154. The molecule has 0 spiro atoms. The number of thioether (sulfide) groups is 2. The third kappa shape index (κ3) is 5.99. The van der Waals surface area contributed by atoms with Crippen molar-refractivity contribution in [2.45, 2.75) is 11.0 Å². The second-order valence-corrected chi connectivity index (χ2v) is 7.94. The van der Waals surface area contributed by atoms with Crippen molar-refractivity contribution >= 4 is 47.2 Å². The Morgan fingerprint density at radius 3 is 2.60 bits per heavy atom. The fraction of sp³-hybridized carbons (Fsp3) is 0.222. The molecular formula is C18H17ClN2O2S2. The number of benzene rings is 2. The lowest BCUT2D eigenvalue weighted by atomic mass is 10.2. The van der Waals surface area contributed by atoms with E-state index in [1.165, 1.54) is 11.8 Å². The van der Waals surface area contributed by atoms with Crippen molar-refractivity contribution in [2.24, 2.45) is 5.10 Å². The van der Waals surface area contributed by atoms with Crippen molar-refractivity contribution in [3.05, 3.63) is 59.1 Å². The van der Waals surface area contributed by atoms with Gasteiger partial charge in [-0.3, -0.25) is 4.79 Å². The summed E-state index contributed by atoms with van der Waals surface area (Å²) in [5.41, 5.74) is 3.43. The Hall–Kier alpha value is -1.63. The highest BCUT2D eigenvalue weighted by atomic mass is 35.5. The van der Waals surface area contributed by atoms with Crippen molar-refractivity contribution in [2.75, 3.05) is 17.3 Å². The third-order valence-corrected chi connectivity index (χ3v) is 5.86. The maximum Gasteiger partial charge on any atom is 0.250 e. The SMILES string of the molecule is O=C(CSc1ccc(Cl)cc1)NN=Cc1ccc(OC2CSC2)cc1. The number of carbonyl (C=O) groups excluding carboxylic acids is 1. The Balaban J connectivity index is 1.40. The fourth-order valence-electron chi connectivity index (χ4n) is 2.00. The molecule has 0 aromatic heterocycles. The molecule has 2 aromatic carbocycles. The molecule has 3 rings (SSSR count). The largest absolute Gasteiger partial charge is 0.489 e. The maximum atomic E-state index is 11.8. The van der Waals surface area contributed by atoms with Gasteiger partial charge in [-0.15, -0.1) is 11.8 Å². The molecule has 4 nitrogen and oxygen atoms in total. The first-order chi connectivity index (χ1) is 12.2. The molecule has 0 saturated carbocycles. The molecule has 1 heterocycles. The van der Waals surface area contributed by atoms with Crippen molar-refractivity contribution in [1.82, 2.24) is 5.43 Å². The van der Waals surface area contributed by atoms with Crippen molar-refractivity contribution in [1.29, 1.82) is 0 Å². The summed E-state index contributed by atoms with van der Waals surface area (Å²) in [6.45, 7) is 0. The minimum Gasteiger partial charge on any atom is -0.489 e. The van der Waals surface area contributed by atoms with Crippen LogP contribution >= 0.6 is 35.1 Å². The van der Waals surface area contributed by atoms with Gasteiger partial charge in [0, 0.05) is 21.4 Å². The average molecular weight is 393 g/mol. The van der Waals surface area contributed by atoms with Gasteiger partial charge >= 0.3 is 0 Å². The molecule has 1 fully saturated rings. The van der Waals surface area contributed by atoms with E-state index in [1.807, 2.05) is 48.2 Å². The standard InChI is InChI=1S/C18H17ClN2O2S2/c19-14-3-7-17(8-4-14)25-12-18(22)21-20-9-13-1-5-15(6-2-13)23-16-10-24-11-16/h1-9,16H,10-12H2,(H,21,22). The summed E-state index contributed by atoms with van der Waals surface area (Å²) in [6.07, 6.45) is 1.95. The monoisotopic (exact) mass is 392 g/mol. The highest BCUT2D eigenvalue weighted by Crippen LogP contribution is 2.23. The van der Waals surface area contributed by atoms with Crippen LogP contribution in [0.1, 0.15) is 5.56 Å². The van der Waals surface area contributed by atoms with Crippen LogP contribution in [-0.2, 0) is 4.79 Å². The van der Waals surface area contributed by atoms with Crippen LogP contribution in [-0.4, -0.2) is 35.5 Å². The third-order valence-electron chi connectivity index (χ3n) is 3.38. The van der Waals surface area contributed by atoms with Crippen molar-refractivity contribution in [3.8, 4) is 5.75 Å². The number of nitrogens with zero attached hydrogens (tertiary/aromatic N) is 1. The van der Waals surface area contributed by atoms with Gasteiger partial charge in [-0.05, 0) is 54.1 Å². The molecule has 1 N–H and O–H groups in total. The Bertz CT molecular complexity index is 732. The van der Waals surface area contributed by atoms with Crippen LogP contribution in [0.25, 0.3) is 0 Å². The molecule has 130 valence electrons. The van der Waals surface area contributed by atoms with Crippen LogP contribution in [0.15, 0.2) is 58.5 Å². The normalized spacial score (nSPS) is 14.3. The average Bonchev–Trinajstić information content (AvgIpc) is 2.59. The molecule has 1 amide bonds. The van der Waals surface area contributed by atoms with E-state index in [1.54, 1.807) is 18.3 Å². The first-order valence-electron chi connectivity index (χ1n) is 7.74. The van der Waals surface area contributed by atoms with E-state index in [0.717, 1.165) is 27.7 Å². The first-order valence-corrected chi connectivity index (χ1v) is 10.3. The molecule has 7 heteroatoms. The molecule has 0 atom stereocenters. The van der Waals surface area contributed by atoms with Crippen LogP contribution in [0.3, 0.4) is 0 Å². The summed E-state index contributed by atoms with van der Waals surface area (Å²) in [5.74, 6) is 3.13. The van der Waals surface area contributed by atoms with Crippen LogP contribution in [0.5, 0.6) is 5.75 Å². The number of nitrogens with one attached hydrogen (secondary N) is 1. The van der Waals surface area contributed by atoms with E-state index in [4.69, 9.17) is 16.3 Å². The number of hydrogen-bond donors (Lipinski definition) is 1. The van der Waals surface area contributed by atoms with Gasteiger partial charge in [-0.25, -0.2) is 5.43 Å². The highest BCUT2D eigenvalue weighted by Gasteiger charge is 2.19. The molecule has 0 bridgehead atoms. The summed E-state index contributed by atoms with van der Waals surface area (Å²) in [5, 5.41) is 4.66. The van der Waals surface area contributed by atoms with Gasteiger partial charge in [0.1, 0.15) is 11.9 Å². The number of carbonyl (C=O) groups is 1. The molecule has 0 aliphatic carbocycles. The number of halogens is 1. The van der Waals surface area contributed by atoms with Crippen LogP contribution in [0.4, 0.5) is 0 Å². The molecule has 0 unspecified atom stereocenters. The second kappa shape index (κ2) is 9.17. The Morgan fingerprint density at radius 1 is 1.24 bits per heavy atom. The number of hydrogen-bond acceptors (Lipinski definition) is 5. The lowest BCUT2D eigenvalue weighted by Crippen LogP contribution is -2.30. The summed E-state index contributed by atoms with van der Waals surface area (Å²) in [7, 11) is 0. The molecule has 1 aliphatic rings. The smallest absolute Gasteiger partial charge is 0.250 e. The van der Waals surface area contributed by atoms with Gasteiger partial charge in [0.15, 0.2) is 0 Å². The number of ether oxygens (including phenoxy) is 1. The number of rotatable bonds is 7. The van der Waals surface area contributed by atoms with Gasteiger partial charge in [0.05, 0.1) is 12.0 Å². The van der Waals surface area contributed by atoms with Crippen molar-refractivity contribution < 1.29 is 9.53 Å². The molecule has 1 aliphatic heterocycles. The topological polar surface area (TPSA) is 50.7 Å². The van der Waals surface area contributed by atoms with E-state index < -0.39 is 0 Å². The van der Waals surface area contributed by atoms with E-state index in [2.05, 4.69) is 10.5 Å². The predicted molar refractivity (Wildman–Crippen MR) is 106 cm³/mol. The molecule has 25 heavy (non-hydrogen) atoms. The summed E-state index contributed by atoms with van der Waals surface area (Å²) in [6, 6.07) is 15.0. The van der Waals surface area contributed by atoms with Crippen LogP contribution in [0, 0.1) is 0 Å². The quantitative estimate of drug-likeness (QED) is 0.438. The van der Waals surface area contributed by atoms with Gasteiger partial charge in [-0.1, -0.05) is 11.6 Å². The van der Waals surface area contributed by atoms with Crippen LogP contribution < -0.4 is 10.2 Å². The van der Waals surface area contributed by atoms with Gasteiger partial charge in [0.25, 0.3) is 0 Å². The summed E-state index contributed by atoms with van der Waals surface area (Å²) < 4.78 is 5.78. The summed E-state index contributed by atoms with van der Waals surface area (Å²) in [4.78, 5) is 12.8. The highest BCUT2D eigenvalue weighted by molar-refractivity contribution is 8.00. The van der Waals surface area contributed by atoms with Gasteiger partial charge in [0.2, 0.25) is 5.91 Å². The van der Waals surface area contributed by atoms with Gasteiger partial charge < -0.3 is 4.74 Å². The van der Waals surface area contributed by atoms with Gasteiger partial charge in [-0.2, -0.15) is 16.9 Å². The zero-order valence-corrected chi connectivity index (χ0v) is 15.7. The fourth-order valence-corrected chi connectivity index (χ4v) is 3.38. The zero-order valence-electron chi connectivity index (χ0n) is 13.4. The number of amides is 1. The Kier molecular flexibility index (Phi) is 6.67. The zero-order chi connectivity index (χ0) is 17.5. The van der Waals surface area contributed by atoms with Crippen LogP contribution in [0.2, 0.25) is 5.02 Å². The Labute approximate surface area is 160 Å². The number of hydrazone groups is 1. The molecule has 0 radical (unpaired) electrons. The van der Waals surface area contributed by atoms with E-state index in [-0.39, 0.29) is 5.91 Å². The molecular weight excluding hydrogens is 376 g/mol. The minimum absolute atomic E-state index is 0.154. The second-order valence-electron chi connectivity index (χ2n) is 5.38. The van der Waals surface area contributed by atoms with E-state index >= 15 is 0 Å². The lowest BCUT2D eigenvalue weighted by molar-refractivity contribution is -0.118.